The minimum atomic E-state index is -0.200. The number of likely N-dealkylation sites (tertiary alicyclic amines) is 1. The number of rotatable bonds is 4. The van der Waals surface area contributed by atoms with Gasteiger partial charge in [-0.1, -0.05) is 42.5 Å². The van der Waals surface area contributed by atoms with Gasteiger partial charge in [0.15, 0.2) is 0 Å². The molecule has 5 nitrogen and oxygen atoms in total. The molecule has 1 aromatic heterocycles. The van der Waals surface area contributed by atoms with Crippen LogP contribution < -0.4 is 0 Å². The van der Waals surface area contributed by atoms with Gasteiger partial charge in [-0.2, -0.15) is 0 Å². The van der Waals surface area contributed by atoms with Gasteiger partial charge in [0.05, 0.1) is 23.7 Å². The number of aromatic nitrogens is 2. The molecule has 138 valence electrons. The molecule has 0 saturated carbocycles. The van der Waals surface area contributed by atoms with Gasteiger partial charge in [0.2, 0.25) is 0 Å². The molecule has 0 N–H and O–H groups in total. The highest BCUT2D eigenvalue weighted by Crippen LogP contribution is 2.48. The topological polar surface area (TPSA) is 47.4 Å². The van der Waals surface area contributed by atoms with Crippen LogP contribution in [0, 0.1) is 5.92 Å². The molecule has 1 fully saturated rings. The van der Waals surface area contributed by atoms with Gasteiger partial charge in [-0.15, -0.1) is 0 Å². The predicted octanol–water partition coefficient (Wildman–Crippen LogP) is 3.54. The second-order valence-corrected chi connectivity index (χ2v) is 7.44. The van der Waals surface area contributed by atoms with Crippen LogP contribution in [0.15, 0.2) is 54.6 Å². The molecule has 27 heavy (non-hydrogen) atoms. The average Bonchev–Trinajstić information content (AvgIpc) is 3.32. The van der Waals surface area contributed by atoms with E-state index in [4.69, 9.17) is 9.72 Å². The lowest BCUT2D eigenvalue weighted by atomic mass is 10.0. The Morgan fingerprint density at radius 3 is 2.74 bits per heavy atom. The Morgan fingerprint density at radius 2 is 1.93 bits per heavy atom. The summed E-state index contributed by atoms with van der Waals surface area (Å²) in [5, 5.41) is 0. The molecule has 0 radical (unpaired) electrons. The van der Waals surface area contributed by atoms with Crippen molar-refractivity contribution in [2.45, 2.75) is 38.5 Å². The molecular weight excluding hydrogens is 338 g/mol. The first-order valence-electron chi connectivity index (χ1n) is 9.67. The zero-order valence-corrected chi connectivity index (χ0v) is 15.4. The van der Waals surface area contributed by atoms with E-state index in [9.17, 15) is 4.79 Å². The van der Waals surface area contributed by atoms with Crippen molar-refractivity contribution in [2.75, 3.05) is 6.61 Å². The number of esters is 1. The molecule has 3 heterocycles. The number of carbonyl (C=O) groups is 1. The highest BCUT2D eigenvalue weighted by atomic mass is 16.5. The fourth-order valence-electron chi connectivity index (χ4n) is 4.77. The predicted molar refractivity (Wildman–Crippen MR) is 103 cm³/mol. The van der Waals surface area contributed by atoms with Crippen LogP contribution in [0.4, 0.5) is 0 Å². The lowest BCUT2D eigenvalue weighted by Gasteiger charge is -2.27. The van der Waals surface area contributed by atoms with Crippen molar-refractivity contribution >= 4 is 17.0 Å². The van der Waals surface area contributed by atoms with Crippen LogP contribution in [0.1, 0.15) is 30.8 Å². The zero-order valence-electron chi connectivity index (χ0n) is 15.4. The molecule has 5 heteroatoms. The van der Waals surface area contributed by atoms with Crippen molar-refractivity contribution in [1.29, 1.82) is 0 Å². The summed E-state index contributed by atoms with van der Waals surface area (Å²) in [5.74, 6) is 1.38. The normalized spacial score (nSPS) is 24.1. The van der Waals surface area contributed by atoms with E-state index < -0.39 is 0 Å². The number of ether oxygens (including phenoxy) is 1. The zero-order chi connectivity index (χ0) is 18.4. The molecule has 5 rings (SSSR count). The molecule has 0 unspecified atom stereocenters. The number of benzene rings is 2. The molecule has 3 aromatic rings. The minimum Gasteiger partial charge on any atom is -0.465 e. The van der Waals surface area contributed by atoms with Gasteiger partial charge in [-0.05, 0) is 31.0 Å². The van der Waals surface area contributed by atoms with Crippen molar-refractivity contribution in [1.82, 2.24) is 14.5 Å². The molecule has 0 aliphatic carbocycles. The second kappa shape index (κ2) is 6.50. The van der Waals surface area contributed by atoms with Crippen LogP contribution in [0.2, 0.25) is 0 Å². The second-order valence-electron chi connectivity index (χ2n) is 7.44. The van der Waals surface area contributed by atoms with Crippen molar-refractivity contribution < 1.29 is 9.53 Å². The maximum atomic E-state index is 12.7. The van der Waals surface area contributed by atoms with E-state index in [-0.39, 0.29) is 18.1 Å². The van der Waals surface area contributed by atoms with E-state index in [1.807, 2.05) is 31.2 Å². The summed E-state index contributed by atoms with van der Waals surface area (Å²) >= 11 is 0. The van der Waals surface area contributed by atoms with E-state index in [1.54, 1.807) is 0 Å². The molecule has 3 atom stereocenters. The van der Waals surface area contributed by atoms with Crippen molar-refractivity contribution in [3.63, 3.8) is 0 Å². The Morgan fingerprint density at radius 1 is 1.15 bits per heavy atom. The fourth-order valence-corrected chi connectivity index (χ4v) is 4.77. The van der Waals surface area contributed by atoms with E-state index in [0.717, 1.165) is 30.9 Å². The van der Waals surface area contributed by atoms with Crippen molar-refractivity contribution in [3.8, 4) is 0 Å². The lowest BCUT2D eigenvalue weighted by molar-refractivity contribution is -0.149. The van der Waals surface area contributed by atoms with Crippen molar-refractivity contribution in [3.05, 3.63) is 66.0 Å². The summed E-state index contributed by atoms with van der Waals surface area (Å²) in [6.45, 7) is 3.94. The minimum absolute atomic E-state index is 0.106. The molecule has 0 amide bonds. The number of fused-ring (bicyclic) bond motifs is 5. The van der Waals surface area contributed by atoms with E-state index in [2.05, 4.69) is 39.8 Å². The number of para-hydroxylation sites is 2. The van der Waals surface area contributed by atoms with Gasteiger partial charge >= 0.3 is 5.97 Å². The Balaban J connectivity index is 1.55. The first kappa shape index (κ1) is 16.5. The molecule has 0 bridgehead atoms. The summed E-state index contributed by atoms with van der Waals surface area (Å²) < 4.78 is 7.74. The molecule has 2 aliphatic rings. The first-order valence-corrected chi connectivity index (χ1v) is 9.67. The standard InChI is InChI=1S/C22H23N3O2/c1-2-27-22(26)19-12-16-14-25-18-11-7-6-10-17(18)23-21(25)20(16)24(19)13-15-8-4-3-5-9-15/h3-11,16,19-20H,2,12-14H2,1H3/t16-,19-,20-/m1/s1. The molecule has 1 saturated heterocycles. The molecule has 0 spiro atoms. The van der Waals surface area contributed by atoms with Crippen LogP contribution >= 0.6 is 0 Å². The van der Waals surface area contributed by atoms with Gasteiger partial charge < -0.3 is 9.30 Å². The largest absolute Gasteiger partial charge is 0.465 e. The van der Waals surface area contributed by atoms with Gasteiger partial charge in [-0.3, -0.25) is 9.69 Å². The monoisotopic (exact) mass is 361 g/mol. The average molecular weight is 361 g/mol. The maximum Gasteiger partial charge on any atom is 0.323 e. The lowest BCUT2D eigenvalue weighted by Crippen LogP contribution is -2.38. The summed E-state index contributed by atoms with van der Waals surface area (Å²) in [5.41, 5.74) is 3.43. The van der Waals surface area contributed by atoms with E-state index in [1.165, 1.54) is 11.1 Å². The third kappa shape index (κ3) is 2.65. The Bertz CT molecular complexity index is 982. The summed E-state index contributed by atoms with van der Waals surface area (Å²) in [4.78, 5) is 19.9. The Labute approximate surface area is 158 Å². The highest BCUT2D eigenvalue weighted by Gasteiger charge is 2.51. The number of hydrogen-bond donors (Lipinski definition) is 0. The van der Waals surface area contributed by atoms with E-state index >= 15 is 0 Å². The Kier molecular flexibility index (Phi) is 3.97. The molecular formula is C22H23N3O2. The van der Waals surface area contributed by atoms with Crippen LogP contribution in [0.3, 0.4) is 0 Å². The van der Waals surface area contributed by atoms with Crippen LogP contribution in [0.25, 0.3) is 11.0 Å². The number of nitrogens with zero attached hydrogens (tertiary/aromatic N) is 3. The summed E-state index contributed by atoms with van der Waals surface area (Å²) in [6.07, 6.45) is 0.827. The van der Waals surface area contributed by atoms with Gasteiger partial charge in [0.25, 0.3) is 0 Å². The highest BCUT2D eigenvalue weighted by molar-refractivity contribution is 5.78. The van der Waals surface area contributed by atoms with E-state index in [0.29, 0.717) is 12.5 Å². The first-order chi connectivity index (χ1) is 13.3. The fraction of sp³-hybridized carbons (Fsp3) is 0.364. The van der Waals surface area contributed by atoms with Crippen LogP contribution in [-0.4, -0.2) is 33.1 Å². The van der Waals surface area contributed by atoms with Gasteiger partial charge in [-0.25, -0.2) is 4.98 Å². The molecule has 2 aliphatic heterocycles. The number of carbonyl (C=O) groups excluding carboxylic acids is 1. The van der Waals surface area contributed by atoms with Gasteiger partial charge in [0.1, 0.15) is 11.9 Å². The quantitative estimate of drug-likeness (QED) is 0.667. The third-order valence-corrected chi connectivity index (χ3v) is 5.86. The van der Waals surface area contributed by atoms with Crippen LogP contribution in [-0.2, 0) is 22.6 Å². The maximum absolute atomic E-state index is 12.7. The van der Waals surface area contributed by atoms with Gasteiger partial charge in [0, 0.05) is 19.0 Å². The van der Waals surface area contributed by atoms with Crippen LogP contribution in [0.5, 0.6) is 0 Å². The number of imidazole rings is 1. The number of hydrogen-bond acceptors (Lipinski definition) is 4. The summed E-state index contributed by atoms with van der Waals surface area (Å²) in [6, 6.07) is 18.6. The molecule has 2 aromatic carbocycles. The van der Waals surface area contributed by atoms with Crippen molar-refractivity contribution in [2.24, 2.45) is 5.92 Å². The third-order valence-electron chi connectivity index (χ3n) is 5.86. The Hall–Kier alpha value is -2.66. The summed E-state index contributed by atoms with van der Waals surface area (Å²) in [7, 11) is 0. The smallest absolute Gasteiger partial charge is 0.323 e. The SMILES string of the molecule is CCOC(=O)[C@H]1C[C@@H]2Cn3c(nc4ccccc43)[C@@H]2N1Cc1ccccc1.